The normalized spacial score (nSPS) is 15.0. The number of ether oxygens (including phenoxy) is 2. The second-order valence-electron chi connectivity index (χ2n) is 5.25. The van der Waals surface area contributed by atoms with E-state index in [9.17, 15) is 5.11 Å². The highest BCUT2D eigenvalue weighted by Gasteiger charge is 2.31. The lowest BCUT2D eigenvalue weighted by Crippen LogP contribution is -2.30. The number of hydrogen-bond acceptors (Lipinski definition) is 4. The number of aliphatic hydroxyl groups is 1. The average molecular weight is 270 g/mol. The fourth-order valence-corrected chi connectivity index (χ4v) is 2.20. The third-order valence-electron chi connectivity index (χ3n) is 3.12. The zero-order valence-electron chi connectivity index (χ0n) is 12.8. The zero-order valence-corrected chi connectivity index (χ0v) is 12.8. The molecule has 0 saturated carbocycles. The van der Waals surface area contributed by atoms with Crippen molar-refractivity contribution < 1.29 is 14.6 Å². The van der Waals surface area contributed by atoms with E-state index in [1.54, 1.807) is 18.0 Å². The van der Waals surface area contributed by atoms with E-state index in [1.807, 2.05) is 34.6 Å². The molecule has 0 aliphatic rings. The number of rotatable bonds is 7. The molecule has 1 rings (SSSR count). The summed E-state index contributed by atoms with van der Waals surface area (Å²) in [6.07, 6.45) is 0.620. The maximum Gasteiger partial charge on any atom is 0.162 e. The number of aliphatic hydroxyl groups excluding tert-OH is 1. The van der Waals surface area contributed by atoms with Gasteiger partial charge in [-0.1, -0.05) is 13.8 Å². The van der Waals surface area contributed by atoms with Gasteiger partial charge in [-0.2, -0.15) is 5.10 Å². The van der Waals surface area contributed by atoms with Crippen LogP contribution in [0.3, 0.4) is 0 Å². The predicted molar refractivity (Wildman–Crippen MR) is 74.4 cm³/mol. The van der Waals surface area contributed by atoms with Crippen LogP contribution in [0.4, 0.5) is 0 Å². The molecule has 0 bridgehead atoms. The van der Waals surface area contributed by atoms with Crippen molar-refractivity contribution in [2.75, 3.05) is 13.7 Å². The molecular formula is C14H26N2O3. The van der Waals surface area contributed by atoms with Gasteiger partial charge in [0.25, 0.3) is 0 Å². The van der Waals surface area contributed by atoms with Gasteiger partial charge in [0.15, 0.2) is 5.75 Å². The monoisotopic (exact) mass is 270 g/mol. The third kappa shape index (κ3) is 3.48. The first kappa shape index (κ1) is 16.0. The first-order valence-electron chi connectivity index (χ1n) is 6.85. The van der Waals surface area contributed by atoms with E-state index in [0.717, 1.165) is 0 Å². The molecule has 1 aromatic heterocycles. The molecule has 5 heteroatoms. The SMILES string of the molecule is CCOC(C(C)C)C(O)c1c(OC)cnn1C(C)C. The lowest BCUT2D eigenvalue weighted by atomic mass is 9.98. The van der Waals surface area contributed by atoms with Crippen molar-refractivity contribution >= 4 is 0 Å². The summed E-state index contributed by atoms with van der Waals surface area (Å²) in [5.74, 6) is 0.807. The van der Waals surface area contributed by atoms with Gasteiger partial charge in [-0.25, -0.2) is 0 Å². The Morgan fingerprint density at radius 3 is 2.37 bits per heavy atom. The van der Waals surface area contributed by atoms with Gasteiger partial charge in [-0.05, 0) is 26.7 Å². The molecule has 2 atom stereocenters. The molecule has 0 aliphatic heterocycles. The van der Waals surface area contributed by atoms with Crippen LogP contribution in [0.5, 0.6) is 5.75 Å². The third-order valence-corrected chi connectivity index (χ3v) is 3.12. The Hall–Kier alpha value is -1.07. The Balaban J connectivity index is 3.14. The van der Waals surface area contributed by atoms with Gasteiger partial charge in [-0.3, -0.25) is 4.68 Å². The topological polar surface area (TPSA) is 56.5 Å². The van der Waals surface area contributed by atoms with Crippen LogP contribution in [-0.4, -0.2) is 34.7 Å². The van der Waals surface area contributed by atoms with E-state index in [2.05, 4.69) is 5.10 Å². The summed E-state index contributed by atoms with van der Waals surface area (Å²) < 4.78 is 12.8. The van der Waals surface area contributed by atoms with Crippen molar-refractivity contribution in [3.05, 3.63) is 11.9 Å². The highest BCUT2D eigenvalue weighted by Crippen LogP contribution is 2.32. The lowest BCUT2D eigenvalue weighted by molar-refractivity contribution is -0.0627. The molecule has 0 aromatic carbocycles. The van der Waals surface area contributed by atoms with Crippen molar-refractivity contribution in [3.63, 3.8) is 0 Å². The summed E-state index contributed by atoms with van der Waals surface area (Å²) >= 11 is 0. The summed E-state index contributed by atoms with van der Waals surface area (Å²) in [4.78, 5) is 0. The van der Waals surface area contributed by atoms with Gasteiger partial charge in [0.05, 0.1) is 19.4 Å². The molecule has 0 radical (unpaired) electrons. The van der Waals surface area contributed by atoms with Crippen LogP contribution in [0.2, 0.25) is 0 Å². The first-order valence-corrected chi connectivity index (χ1v) is 6.85. The Kier molecular flexibility index (Phi) is 5.82. The Labute approximate surface area is 115 Å². The van der Waals surface area contributed by atoms with Crippen molar-refractivity contribution in [1.82, 2.24) is 9.78 Å². The predicted octanol–water partition coefficient (Wildman–Crippen LogP) is 2.57. The Morgan fingerprint density at radius 2 is 1.95 bits per heavy atom. The lowest BCUT2D eigenvalue weighted by Gasteiger charge is -2.27. The van der Waals surface area contributed by atoms with Gasteiger partial charge in [-0.15, -0.1) is 0 Å². The molecule has 0 aliphatic carbocycles. The molecule has 0 saturated heterocycles. The summed E-state index contributed by atoms with van der Waals surface area (Å²) in [5, 5.41) is 14.9. The largest absolute Gasteiger partial charge is 0.493 e. The van der Waals surface area contributed by atoms with E-state index in [0.29, 0.717) is 18.1 Å². The molecule has 1 N–H and O–H groups in total. The van der Waals surface area contributed by atoms with E-state index < -0.39 is 6.10 Å². The van der Waals surface area contributed by atoms with Crippen LogP contribution in [-0.2, 0) is 4.74 Å². The number of aromatic nitrogens is 2. The van der Waals surface area contributed by atoms with Gasteiger partial charge < -0.3 is 14.6 Å². The quantitative estimate of drug-likeness (QED) is 0.827. The van der Waals surface area contributed by atoms with Gasteiger partial charge in [0.2, 0.25) is 0 Å². The Morgan fingerprint density at radius 1 is 1.32 bits per heavy atom. The molecule has 0 spiro atoms. The molecule has 1 heterocycles. The van der Waals surface area contributed by atoms with Crippen molar-refractivity contribution in [2.45, 2.75) is 52.9 Å². The maximum absolute atomic E-state index is 10.6. The maximum atomic E-state index is 10.6. The highest BCUT2D eigenvalue weighted by atomic mass is 16.5. The van der Waals surface area contributed by atoms with E-state index in [1.165, 1.54) is 0 Å². The molecule has 1 aromatic rings. The molecule has 0 amide bonds. The second-order valence-corrected chi connectivity index (χ2v) is 5.25. The zero-order chi connectivity index (χ0) is 14.6. The molecule has 2 unspecified atom stereocenters. The molecule has 19 heavy (non-hydrogen) atoms. The fraction of sp³-hybridized carbons (Fsp3) is 0.786. The van der Waals surface area contributed by atoms with Crippen molar-refractivity contribution in [3.8, 4) is 5.75 Å². The van der Waals surface area contributed by atoms with Crippen LogP contribution in [0.25, 0.3) is 0 Å². The summed E-state index contributed by atoms with van der Waals surface area (Å²) in [5.41, 5.74) is 0.685. The van der Waals surface area contributed by atoms with Crippen LogP contribution in [0, 0.1) is 5.92 Å². The first-order chi connectivity index (χ1) is 8.93. The van der Waals surface area contributed by atoms with Crippen LogP contribution < -0.4 is 4.74 Å². The van der Waals surface area contributed by atoms with Gasteiger partial charge >= 0.3 is 0 Å². The number of methoxy groups -OCH3 is 1. The minimum atomic E-state index is -0.750. The molecular weight excluding hydrogens is 244 g/mol. The smallest absolute Gasteiger partial charge is 0.162 e. The summed E-state index contributed by atoms with van der Waals surface area (Å²) in [6, 6.07) is 0.156. The number of hydrogen-bond donors (Lipinski definition) is 1. The average Bonchev–Trinajstić information content (AvgIpc) is 2.78. The minimum Gasteiger partial charge on any atom is -0.493 e. The molecule has 5 nitrogen and oxygen atoms in total. The summed E-state index contributed by atoms with van der Waals surface area (Å²) in [7, 11) is 1.59. The second kappa shape index (κ2) is 6.91. The van der Waals surface area contributed by atoms with Crippen LogP contribution >= 0.6 is 0 Å². The standard InChI is InChI=1S/C14H26N2O3/c1-7-19-14(9(2)3)13(17)12-11(18-6)8-15-16(12)10(4)5/h8-10,13-14,17H,7H2,1-6H3. The van der Waals surface area contributed by atoms with Crippen LogP contribution in [0.15, 0.2) is 6.20 Å². The highest BCUT2D eigenvalue weighted by molar-refractivity contribution is 5.28. The van der Waals surface area contributed by atoms with E-state index >= 15 is 0 Å². The van der Waals surface area contributed by atoms with Crippen molar-refractivity contribution in [1.29, 1.82) is 0 Å². The summed E-state index contributed by atoms with van der Waals surface area (Å²) in [6.45, 7) is 10.6. The van der Waals surface area contributed by atoms with Gasteiger partial charge in [0, 0.05) is 12.6 Å². The molecule has 0 fully saturated rings. The van der Waals surface area contributed by atoms with Gasteiger partial charge in [0.1, 0.15) is 11.8 Å². The Bertz CT molecular complexity index is 388. The number of nitrogens with zero attached hydrogens (tertiary/aromatic N) is 2. The van der Waals surface area contributed by atoms with E-state index in [4.69, 9.17) is 9.47 Å². The van der Waals surface area contributed by atoms with E-state index in [-0.39, 0.29) is 18.1 Å². The minimum absolute atomic E-state index is 0.156. The van der Waals surface area contributed by atoms with Crippen LogP contribution in [0.1, 0.15) is 52.5 Å². The fourth-order valence-electron chi connectivity index (χ4n) is 2.20. The molecule has 110 valence electrons. The van der Waals surface area contributed by atoms with Crippen molar-refractivity contribution in [2.24, 2.45) is 5.92 Å².